The molecule has 3 aromatic carbocycles. The molecule has 0 unspecified atom stereocenters. The van der Waals surface area contributed by atoms with Crippen LogP contribution in [-0.4, -0.2) is 28.1 Å². The molecule has 6 heteroatoms. The topological polar surface area (TPSA) is 61.4 Å². The molecule has 3 aromatic rings. The number of rotatable bonds is 4. The Morgan fingerprint density at radius 1 is 0.900 bits per heavy atom. The molecule has 30 heavy (non-hydrogen) atoms. The zero-order valence-electron chi connectivity index (χ0n) is 17.0. The second kappa shape index (κ2) is 8.16. The highest BCUT2D eigenvalue weighted by Crippen LogP contribution is 2.33. The van der Waals surface area contributed by atoms with Crippen LogP contribution in [0.5, 0.6) is 0 Å². The number of hydrogen-bond acceptors (Lipinski definition) is 2. The van der Waals surface area contributed by atoms with Gasteiger partial charge >= 0.3 is 0 Å². The van der Waals surface area contributed by atoms with Gasteiger partial charge in [0.1, 0.15) is 0 Å². The summed E-state index contributed by atoms with van der Waals surface area (Å²) in [5.74, 6) is 0. The smallest absolute Gasteiger partial charge is 0.0733 e. The fourth-order valence-corrected chi connectivity index (χ4v) is 5.57. The Hall–Kier alpha value is -2.18. The average molecular weight is 443 g/mol. The molecule has 1 aliphatic heterocycles. The Labute approximate surface area is 183 Å². The van der Waals surface area contributed by atoms with E-state index in [1.54, 1.807) is 12.1 Å². The van der Waals surface area contributed by atoms with Crippen LogP contribution < -0.4 is 10.0 Å². The number of benzene rings is 3. The van der Waals surface area contributed by atoms with Crippen molar-refractivity contribution in [3.8, 4) is 11.1 Å². The first-order valence-electron chi connectivity index (χ1n) is 10.1. The van der Waals surface area contributed by atoms with E-state index in [0.29, 0.717) is 15.6 Å². The van der Waals surface area contributed by atoms with E-state index in [2.05, 4.69) is 16.1 Å². The van der Waals surface area contributed by atoms with Crippen molar-refractivity contribution in [2.45, 2.75) is 24.2 Å². The molecule has 0 radical (unpaired) electrons. The maximum absolute atomic E-state index is 13.6. The third-order valence-corrected chi connectivity index (χ3v) is 7.87. The molecule has 0 atom stereocenters. The third kappa shape index (κ3) is 4.76. The lowest BCUT2D eigenvalue weighted by Gasteiger charge is -2.41. The molecule has 1 aliphatic rings. The summed E-state index contributed by atoms with van der Waals surface area (Å²) in [5.41, 5.74) is 5.20. The van der Waals surface area contributed by atoms with Crippen molar-refractivity contribution in [1.29, 1.82) is 0 Å². The van der Waals surface area contributed by atoms with Crippen molar-refractivity contribution >= 4 is 26.8 Å². The van der Waals surface area contributed by atoms with Crippen molar-refractivity contribution in [2.75, 3.05) is 24.1 Å². The van der Waals surface area contributed by atoms with Crippen LogP contribution >= 0.6 is 11.6 Å². The minimum absolute atomic E-state index is 0.362. The zero-order chi connectivity index (χ0) is 21.2. The molecule has 4 nitrogen and oxygen atoms in total. The fraction of sp³-hybridized carbons (Fsp3) is 0.250. The number of aryl methyl sites for hydroxylation is 1. The lowest BCUT2D eigenvalue weighted by molar-refractivity contribution is 0.526. The van der Waals surface area contributed by atoms with E-state index in [0.717, 1.165) is 43.5 Å². The number of hydrogen-bond donors (Lipinski definition) is 3. The number of fused-ring (bicyclic) bond motifs is 1. The summed E-state index contributed by atoms with van der Waals surface area (Å²) in [4.78, 5) is 0.362. The standard InChI is InChI=1S/C24H27ClN2O2S/c1-30(28,29,24-12-7-19(8-13-24)18-4-9-22(25)10-5-18)27-23-11-6-20-14-16-26-15-2-3-21(20)17-23/h4-13,17,26H,2-3,14-16H2,1H3,(H2,27,28,29). The summed E-state index contributed by atoms with van der Waals surface area (Å²) in [6.07, 6.45) is 4.38. The van der Waals surface area contributed by atoms with E-state index in [4.69, 9.17) is 11.6 Å². The molecule has 0 bridgehead atoms. The Balaban J connectivity index is 1.59. The van der Waals surface area contributed by atoms with Gasteiger partial charge in [0, 0.05) is 11.3 Å². The van der Waals surface area contributed by atoms with Gasteiger partial charge in [-0.2, -0.15) is 4.21 Å². The van der Waals surface area contributed by atoms with Crippen molar-refractivity contribution in [3.05, 3.63) is 82.9 Å². The lowest BCUT2D eigenvalue weighted by Crippen LogP contribution is -2.39. The van der Waals surface area contributed by atoms with Crippen LogP contribution in [0.1, 0.15) is 17.5 Å². The van der Waals surface area contributed by atoms with Crippen molar-refractivity contribution in [3.63, 3.8) is 0 Å². The third-order valence-electron chi connectivity index (χ3n) is 5.52. The van der Waals surface area contributed by atoms with E-state index in [9.17, 15) is 8.76 Å². The van der Waals surface area contributed by atoms with E-state index < -0.39 is 9.53 Å². The van der Waals surface area contributed by atoms with Crippen molar-refractivity contribution < 1.29 is 8.76 Å². The molecule has 0 aliphatic carbocycles. The Morgan fingerprint density at radius 3 is 2.27 bits per heavy atom. The normalized spacial score (nSPS) is 15.9. The van der Waals surface area contributed by atoms with Crippen LogP contribution in [0.15, 0.2) is 71.6 Å². The monoisotopic (exact) mass is 442 g/mol. The van der Waals surface area contributed by atoms with Gasteiger partial charge in [0.05, 0.1) is 10.6 Å². The minimum atomic E-state index is -4.26. The molecular weight excluding hydrogens is 416 g/mol. The molecule has 0 aromatic heterocycles. The molecule has 0 saturated heterocycles. The zero-order valence-corrected chi connectivity index (χ0v) is 18.6. The van der Waals surface area contributed by atoms with Crippen LogP contribution in [0.25, 0.3) is 11.1 Å². The van der Waals surface area contributed by atoms with Crippen molar-refractivity contribution in [2.24, 2.45) is 0 Å². The summed E-state index contributed by atoms with van der Waals surface area (Å²) in [5, 5.41) is 4.10. The van der Waals surface area contributed by atoms with Gasteiger partial charge in [-0.3, -0.25) is 9.27 Å². The van der Waals surface area contributed by atoms with Gasteiger partial charge in [-0.15, -0.1) is 9.53 Å². The van der Waals surface area contributed by atoms with Gasteiger partial charge in [-0.25, -0.2) is 0 Å². The summed E-state index contributed by atoms with van der Waals surface area (Å²) in [6, 6.07) is 20.7. The molecule has 158 valence electrons. The van der Waals surface area contributed by atoms with Crippen LogP contribution in [0.3, 0.4) is 0 Å². The second-order valence-electron chi connectivity index (χ2n) is 8.00. The van der Waals surface area contributed by atoms with Gasteiger partial charge < -0.3 is 5.32 Å². The molecule has 0 amide bonds. The SMILES string of the molecule is CS(=O)(O)(Nc1ccc2c(c1)CCCNCC2)c1ccc(-c2ccc(Cl)cc2)cc1. The van der Waals surface area contributed by atoms with Gasteiger partial charge in [0.25, 0.3) is 0 Å². The Morgan fingerprint density at radius 2 is 1.57 bits per heavy atom. The first-order chi connectivity index (χ1) is 14.3. The first kappa shape index (κ1) is 21.1. The van der Waals surface area contributed by atoms with Gasteiger partial charge in [0.15, 0.2) is 0 Å². The van der Waals surface area contributed by atoms with Crippen molar-refractivity contribution in [1.82, 2.24) is 5.32 Å². The van der Waals surface area contributed by atoms with E-state index in [-0.39, 0.29) is 0 Å². The first-order valence-corrected chi connectivity index (χ1v) is 12.9. The van der Waals surface area contributed by atoms with Gasteiger partial charge in [-0.05, 0) is 91.0 Å². The molecule has 3 N–H and O–H groups in total. The Kier molecular flexibility index (Phi) is 5.73. The summed E-state index contributed by atoms with van der Waals surface area (Å²) in [6.45, 7) is 1.97. The fourth-order valence-electron chi connectivity index (χ4n) is 3.86. The maximum Gasteiger partial charge on any atom is 0.0733 e. The Bertz CT molecular complexity index is 1110. The van der Waals surface area contributed by atoms with Gasteiger partial charge in [-0.1, -0.05) is 41.9 Å². The molecule has 1 heterocycles. The second-order valence-corrected chi connectivity index (χ2v) is 11.7. The lowest BCUT2D eigenvalue weighted by atomic mass is 9.98. The van der Waals surface area contributed by atoms with E-state index in [1.165, 1.54) is 17.4 Å². The molecular formula is C24H27ClN2O2S. The maximum atomic E-state index is 13.6. The number of halogens is 1. The minimum Gasteiger partial charge on any atom is -0.316 e. The molecule has 0 saturated carbocycles. The quantitative estimate of drug-likeness (QED) is 0.507. The van der Waals surface area contributed by atoms with Crippen LogP contribution in [0, 0.1) is 0 Å². The van der Waals surface area contributed by atoms with Gasteiger partial charge in [0.2, 0.25) is 0 Å². The number of anilines is 1. The molecule has 0 spiro atoms. The van der Waals surface area contributed by atoms with Crippen LogP contribution in [0.2, 0.25) is 5.02 Å². The molecule has 0 fully saturated rings. The van der Waals surface area contributed by atoms with Crippen LogP contribution in [-0.2, 0) is 22.4 Å². The average Bonchev–Trinajstić information content (AvgIpc) is 2.69. The predicted octanol–water partition coefficient (Wildman–Crippen LogP) is 5.39. The van der Waals surface area contributed by atoms with E-state index in [1.807, 2.05) is 48.5 Å². The largest absolute Gasteiger partial charge is 0.316 e. The van der Waals surface area contributed by atoms with E-state index >= 15 is 0 Å². The highest BCUT2D eigenvalue weighted by atomic mass is 35.5. The summed E-state index contributed by atoms with van der Waals surface area (Å²) < 4.78 is 27.6. The summed E-state index contributed by atoms with van der Waals surface area (Å²) >= 11 is 5.96. The predicted molar refractivity (Wildman–Crippen MR) is 127 cm³/mol. The number of nitrogens with one attached hydrogen (secondary N) is 2. The highest BCUT2D eigenvalue weighted by Gasteiger charge is 2.24. The highest BCUT2D eigenvalue weighted by molar-refractivity contribution is 8.15. The molecule has 4 rings (SSSR count). The summed E-state index contributed by atoms with van der Waals surface area (Å²) in [7, 11) is -4.26. The van der Waals surface area contributed by atoms with Crippen LogP contribution in [0.4, 0.5) is 5.69 Å².